The van der Waals surface area contributed by atoms with Crippen LogP contribution in [-0.2, 0) is 28.7 Å². The van der Waals surface area contributed by atoms with Crippen molar-refractivity contribution >= 4 is 64.0 Å². The van der Waals surface area contributed by atoms with Crippen LogP contribution in [0.1, 0.15) is 31.9 Å². The van der Waals surface area contributed by atoms with Crippen LogP contribution in [0, 0.1) is 13.8 Å². The lowest BCUT2D eigenvalue weighted by molar-refractivity contribution is -0.126. The molecule has 3 N–H and O–H groups in total. The van der Waals surface area contributed by atoms with Gasteiger partial charge in [-0.2, -0.15) is 10.2 Å². The average molecular weight is 687 g/mol. The summed E-state index contributed by atoms with van der Waals surface area (Å²) in [6.45, 7) is 7.51. The third-order valence-corrected chi connectivity index (χ3v) is 6.55. The van der Waals surface area contributed by atoms with Crippen LogP contribution in [0.5, 0.6) is 11.5 Å². The number of aryl methyl sites for hydroxylation is 2. The van der Waals surface area contributed by atoms with Crippen LogP contribution in [0.15, 0.2) is 86.1 Å². The Morgan fingerprint density at radius 1 is 0.720 bits per heavy atom. The molecule has 16 heteroatoms. The highest BCUT2D eigenvalue weighted by Gasteiger charge is 2.24. The lowest BCUT2D eigenvalue weighted by Gasteiger charge is -2.14. The van der Waals surface area contributed by atoms with E-state index in [4.69, 9.17) is 18.9 Å². The van der Waals surface area contributed by atoms with E-state index in [0.717, 1.165) is 6.40 Å². The Bertz CT molecular complexity index is 1870. The van der Waals surface area contributed by atoms with E-state index in [9.17, 15) is 19.2 Å². The maximum absolute atomic E-state index is 13.2. The minimum absolute atomic E-state index is 0.0367. The molecule has 0 spiro atoms. The molecule has 3 rings (SSSR count). The summed E-state index contributed by atoms with van der Waals surface area (Å²) < 4.78 is 21.2. The Balaban J connectivity index is 1.75. The number of Topliss-reactive ketones (excluding diaryl/α,β-unsaturated/α-hetero) is 1. The molecule has 0 aliphatic heterocycles. The number of amides is 3. The molecule has 0 saturated heterocycles. The van der Waals surface area contributed by atoms with Crippen LogP contribution in [0.2, 0.25) is 0 Å². The van der Waals surface area contributed by atoms with Gasteiger partial charge in [0.25, 0.3) is 11.8 Å². The molecule has 0 fully saturated rings. The van der Waals surface area contributed by atoms with Crippen molar-refractivity contribution in [2.75, 3.05) is 37.3 Å². The van der Waals surface area contributed by atoms with Crippen molar-refractivity contribution in [2.24, 2.45) is 25.4 Å². The van der Waals surface area contributed by atoms with Crippen molar-refractivity contribution in [3.8, 4) is 11.5 Å². The van der Waals surface area contributed by atoms with Gasteiger partial charge in [0.2, 0.25) is 17.9 Å². The number of carbonyl (C=O) groups excluding carboxylic acids is 4. The average Bonchev–Trinajstić information content (AvgIpc) is 3.05. The highest BCUT2D eigenvalue weighted by molar-refractivity contribution is 6.10. The fraction of sp³-hybridized carbons (Fsp3) is 0.265. The number of hydrogen-bond acceptors (Lipinski definition) is 13. The summed E-state index contributed by atoms with van der Waals surface area (Å²) in [5, 5.41) is 24.3. The third kappa shape index (κ3) is 11.1. The predicted octanol–water partition coefficient (Wildman–Crippen LogP) is 6.82. The van der Waals surface area contributed by atoms with Gasteiger partial charge in [-0.25, -0.2) is 4.99 Å². The Labute approximate surface area is 288 Å². The third-order valence-electron chi connectivity index (χ3n) is 6.55. The van der Waals surface area contributed by atoms with Gasteiger partial charge >= 0.3 is 0 Å². The number of benzene rings is 3. The van der Waals surface area contributed by atoms with Crippen molar-refractivity contribution in [3.63, 3.8) is 0 Å². The fourth-order valence-electron chi connectivity index (χ4n) is 4.23. The monoisotopic (exact) mass is 686 g/mol. The summed E-state index contributed by atoms with van der Waals surface area (Å²) in [5.74, 6) is -1.05. The minimum Gasteiger partial charge on any atom is -0.499 e. The zero-order valence-corrected chi connectivity index (χ0v) is 28.9. The quantitative estimate of drug-likeness (QED) is 0.0507. The second-order valence-corrected chi connectivity index (χ2v) is 10.6. The van der Waals surface area contributed by atoms with Gasteiger partial charge in [-0.05, 0) is 80.4 Å². The Hall–Kier alpha value is -6.45. The molecule has 0 bridgehead atoms. The minimum atomic E-state index is -1.46. The molecule has 3 aromatic rings. The summed E-state index contributed by atoms with van der Waals surface area (Å²) in [6, 6.07) is 11.5. The van der Waals surface area contributed by atoms with Crippen molar-refractivity contribution in [2.45, 2.75) is 40.7 Å². The number of ether oxygens (including phenoxy) is 4. The molecule has 0 heterocycles. The largest absolute Gasteiger partial charge is 0.499 e. The molecule has 262 valence electrons. The number of hydrogen-bond donors (Lipinski definition) is 3. The number of nitrogens with zero attached hydrogens (tertiary/aromatic N) is 5. The maximum atomic E-state index is 13.2. The first kappa shape index (κ1) is 38.0. The van der Waals surface area contributed by atoms with Gasteiger partial charge < -0.3 is 34.9 Å². The first-order chi connectivity index (χ1) is 23.8. The maximum Gasteiger partial charge on any atom is 0.274 e. The smallest absolute Gasteiger partial charge is 0.274 e. The molecule has 0 aliphatic carbocycles. The highest BCUT2D eigenvalue weighted by atomic mass is 16.5. The SMILES string of the molecule is CO/C=C(/N=Nc1cc(NC(C)=O)ccc1OC)OC=Nc1cc(C)c(NC(=O)C(N=Nc2cc(NC(C)=O)ccc2OC)C(C)=O)cc1C. The molecule has 0 saturated carbocycles. The van der Waals surface area contributed by atoms with Crippen LogP contribution in [0.25, 0.3) is 0 Å². The van der Waals surface area contributed by atoms with Crippen LogP contribution in [0.3, 0.4) is 0 Å². The standard InChI is InChI=1S/C34H38N8O8/c1-19-14-27(38-34(46)33(21(3)43)42-40-29-16-25(37-23(5)45)10-12-31(29)49-8)20(2)13-26(19)35-18-50-32(17-47-6)41-39-28-15-24(36-22(4)44)9-11-30(28)48-7/h9-18,33H,1-8H3,(H,36,44)(H,37,45)(H,38,46)/b32-17-,35-18?,41-39?,42-40?. The summed E-state index contributed by atoms with van der Waals surface area (Å²) in [6.07, 6.45) is 2.37. The van der Waals surface area contributed by atoms with E-state index in [1.165, 1.54) is 54.4 Å². The Kier molecular flexibility index (Phi) is 13.8. The second kappa shape index (κ2) is 18.2. The number of anilines is 3. The molecule has 3 amide bonds. The van der Waals surface area contributed by atoms with E-state index < -0.39 is 17.7 Å². The van der Waals surface area contributed by atoms with E-state index in [-0.39, 0.29) is 23.4 Å². The number of methoxy groups -OCH3 is 3. The van der Waals surface area contributed by atoms with Gasteiger partial charge in [0.1, 0.15) is 29.1 Å². The van der Waals surface area contributed by atoms with Crippen LogP contribution in [0.4, 0.5) is 34.1 Å². The number of aliphatic imine (C=N–C) groups is 1. The summed E-state index contributed by atoms with van der Waals surface area (Å²) in [4.78, 5) is 52.9. The molecule has 1 unspecified atom stereocenters. The molecular weight excluding hydrogens is 648 g/mol. The van der Waals surface area contributed by atoms with Gasteiger partial charge in [-0.15, -0.1) is 10.2 Å². The summed E-state index contributed by atoms with van der Waals surface area (Å²) >= 11 is 0. The summed E-state index contributed by atoms with van der Waals surface area (Å²) in [7, 11) is 4.32. The lowest BCUT2D eigenvalue weighted by Crippen LogP contribution is -2.32. The molecular formula is C34H38N8O8. The van der Waals surface area contributed by atoms with E-state index in [2.05, 4.69) is 41.4 Å². The lowest BCUT2D eigenvalue weighted by atomic mass is 10.1. The first-order valence-corrected chi connectivity index (χ1v) is 14.9. The first-order valence-electron chi connectivity index (χ1n) is 14.9. The van der Waals surface area contributed by atoms with E-state index in [0.29, 0.717) is 51.1 Å². The number of azo groups is 2. The zero-order chi connectivity index (χ0) is 36.8. The predicted molar refractivity (Wildman–Crippen MR) is 187 cm³/mol. The molecule has 0 radical (unpaired) electrons. The van der Waals surface area contributed by atoms with Crippen molar-refractivity contribution in [1.29, 1.82) is 0 Å². The number of ketones is 1. The van der Waals surface area contributed by atoms with E-state index in [1.54, 1.807) is 56.3 Å². The molecule has 50 heavy (non-hydrogen) atoms. The van der Waals surface area contributed by atoms with Crippen LogP contribution in [-0.4, -0.2) is 57.3 Å². The van der Waals surface area contributed by atoms with Gasteiger partial charge in [-0.3, -0.25) is 19.2 Å². The molecule has 3 aromatic carbocycles. The molecule has 0 aromatic heterocycles. The molecule has 1 atom stereocenters. The Morgan fingerprint density at radius 2 is 1.30 bits per heavy atom. The van der Waals surface area contributed by atoms with Crippen molar-refractivity contribution in [3.05, 3.63) is 71.8 Å². The zero-order valence-electron chi connectivity index (χ0n) is 28.9. The van der Waals surface area contributed by atoms with Gasteiger partial charge in [-0.1, -0.05) is 0 Å². The van der Waals surface area contributed by atoms with Crippen LogP contribution < -0.4 is 25.4 Å². The van der Waals surface area contributed by atoms with Gasteiger partial charge in [0.05, 0.1) is 27.0 Å². The highest BCUT2D eigenvalue weighted by Crippen LogP contribution is 2.33. The van der Waals surface area contributed by atoms with Gasteiger partial charge in [0.15, 0.2) is 12.2 Å². The number of rotatable bonds is 15. The fourth-order valence-corrected chi connectivity index (χ4v) is 4.23. The topological polar surface area (TPSA) is 203 Å². The van der Waals surface area contributed by atoms with E-state index >= 15 is 0 Å². The number of carbonyl (C=O) groups is 4. The molecule has 16 nitrogen and oxygen atoms in total. The Morgan fingerprint density at radius 3 is 1.82 bits per heavy atom. The second-order valence-electron chi connectivity index (χ2n) is 10.6. The van der Waals surface area contributed by atoms with Gasteiger partial charge in [0, 0.05) is 30.9 Å². The molecule has 0 aliphatic rings. The van der Waals surface area contributed by atoms with Crippen molar-refractivity contribution < 1.29 is 38.1 Å². The van der Waals surface area contributed by atoms with Crippen molar-refractivity contribution in [1.82, 2.24) is 0 Å². The summed E-state index contributed by atoms with van der Waals surface area (Å²) in [5.41, 5.74) is 3.76. The number of nitrogens with one attached hydrogen (secondary N) is 3. The normalized spacial score (nSPS) is 12.1. The van der Waals surface area contributed by atoms with E-state index in [1.807, 2.05) is 0 Å². The van der Waals surface area contributed by atoms with Crippen LogP contribution >= 0.6 is 0 Å².